The summed E-state index contributed by atoms with van der Waals surface area (Å²) in [6.45, 7) is 0.896. The van der Waals surface area contributed by atoms with Crippen LogP contribution in [-0.2, 0) is 6.42 Å². The van der Waals surface area contributed by atoms with Crippen LogP contribution in [0, 0.1) is 0 Å². The fourth-order valence-corrected chi connectivity index (χ4v) is 1.67. The zero-order valence-corrected chi connectivity index (χ0v) is 9.28. The van der Waals surface area contributed by atoms with Crippen LogP contribution in [0.5, 0.6) is 0 Å². The minimum Gasteiger partial charge on any atom is -0.367 e. The number of rotatable bonds is 3. The predicted octanol–water partition coefficient (Wildman–Crippen LogP) is 3.12. The van der Waals surface area contributed by atoms with E-state index in [1.807, 2.05) is 0 Å². The van der Waals surface area contributed by atoms with Crippen LogP contribution >= 0.6 is 0 Å². The van der Waals surface area contributed by atoms with Crippen LogP contribution in [0.25, 0.3) is 11.1 Å². The summed E-state index contributed by atoms with van der Waals surface area (Å²) >= 11 is 0. The topological polar surface area (TPSA) is 52.0 Å². The van der Waals surface area contributed by atoms with Gasteiger partial charge in [-0.1, -0.05) is 29.4 Å². The van der Waals surface area contributed by atoms with Crippen molar-refractivity contribution in [2.24, 2.45) is 0 Å². The van der Waals surface area contributed by atoms with E-state index < -0.39 is 5.92 Å². The van der Waals surface area contributed by atoms with Gasteiger partial charge in [0.25, 0.3) is 0 Å². The van der Waals surface area contributed by atoms with Crippen molar-refractivity contribution in [3.05, 3.63) is 36.0 Å². The summed E-state index contributed by atoms with van der Waals surface area (Å²) in [6.07, 6.45) is 1.17. The fourth-order valence-electron chi connectivity index (χ4n) is 1.67. The number of nitrogen functional groups attached to an aromatic ring is 1. The van der Waals surface area contributed by atoms with Crippen molar-refractivity contribution < 1.29 is 13.3 Å². The smallest absolute Gasteiger partial charge is 0.249 e. The van der Waals surface area contributed by atoms with Gasteiger partial charge < -0.3 is 10.3 Å². The van der Waals surface area contributed by atoms with Gasteiger partial charge in [-0.3, -0.25) is 0 Å². The molecule has 2 aromatic rings. The quantitative estimate of drug-likeness (QED) is 0.893. The molecule has 2 rings (SSSR count). The Hall–Kier alpha value is -1.91. The summed E-state index contributed by atoms with van der Waals surface area (Å²) in [5.74, 6) is -2.54. The van der Waals surface area contributed by atoms with E-state index in [0.29, 0.717) is 11.1 Å². The molecule has 0 saturated carbocycles. The van der Waals surface area contributed by atoms with E-state index in [0.717, 1.165) is 12.5 Å². The van der Waals surface area contributed by atoms with Gasteiger partial charge in [-0.2, -0.15) is 0 Å². The van der Waals surface area contributed by atoms with Crippen LogP contribution in [0.1, 0.15) is 12.5 Å². The lowest BCUT2D eigenvalue weighted by atomic mass is 10.0. The lowest BCUT2D eigenvalue weighted by molar-refractivity contribution is 0.0226. The van der Waals surface area contributed by atoms with E-state index in [1.165, 1.54) is 6.20 Å². The SMILES string of the molecule is CC(F)(F)Cc1cccc(-c2cnoc2N)c1. The third-order valence-corrected chi connectivity index (χ3v) is 2.35. The second kappa shape index (κ2) is 4.16. The number of hydrogen-bond acceptors (Lipinski definition) is 3. The molecule has 0 aliphatic carbocycles. The van der Waals surface area contributed by atoms with Crippen molar-refractivity contribution in [2.75, 3.05) is 5.73 Å². The molecule has 1 aromatic carbocycles. The highest BCUT2D eigenvalue weighted by atomic mass is 19.3. The molecule has 17 heavy (non-hydrogen) atoms. The highest BCUT2D eigenvalue weighted by Gasteiger charge is 2.21. The summed E-state index contributed by atoms with van der Waals surface area (Å²) in [5, 5.41) is 3.55. The first-order valence-electron chi connectivity index (χ1n) is 5.13. The van der Waals surface area contributed by atoms with Gasteiger partial charge in [-0.05, 0) is 18.1 Å². The van der Waals surface area contributed by atoms with Crippen LogP contribution in [-0.4, -0.2) is 11.1 Å². The molecule has 2 N–H and O–H groups in total. The molecule has 0 aliphatic rings. The second-order valence-electron chi connectivity index (χ2n) is 4.05. The molecule has 0 unspecified atom stereocenters. The molecule has 0 atom stereocenters. The van der Waals surface area contributed by atoms with Crippen LogP contribution in [0.4, 0.5) is 14.7 Å². The number of aromatic nitrogens is 1. The first-order chi connectivity index (χ1) is 7.96. The minimum atomic E-state index is -2.72. The molecule has 0 radical (unpaired) electrons. The number of benzene rings is 1. The van der Waals surface area contributed by atoms with Gasteiger partial charge in [-0.25, -0.2) is 8.78 Å². The lowest BCUT2D eigenvalue weighted by Gasteiger charge is -2.10. The van der Waals surface area contributed by atoms with Gasteiger partial charge in [0.05, 0.1) is 11.8 Å². The number of halogens is 2. The molecular formula is C12H12F2N2O. The maximum atomic E-state index is 12.9. The number of anilines is 1. The Kier molecular flexibility index (Phi) is 2.83. The Morgan fingerprint density at radius 1 is 1.41 bits per heavy atom. The van der Waals surface area contributed by atoms with Crippen molar-refractivity contribution in [1.82, 2.24) is 5.16 Å². The minimum absolute atomic E-state index is 0.186. The zero-order valence-electron chi connectivity index (χ0n) is 9.28. The standard InChI is InChI=1S/C12H12F2N2O/c1-12(13,14)6-8-3-2-4-9(5-8)10-7-16-17-11(10)15/h2-5,7H,6,15H2,1H3. The van der Waals surface area contributed by atoms with E-state index in [4.69, 9.17) is 10.3 Å². The molecule has 1 aromatic heterocycles. The first-order valence-corrected chi connectivity index (χ1v) is 5.13. The number of nitrogens with two attached hydrogens (primary N) is 1. The molecule has 3 nitrogen and oxygen atoms in total. The van der Waals surface area contributed by atoms with Crippen LogP contribution in [0.3, 0.4) is 0 Å². The largest absolute Gasteiger partial charge is 0.367 e. The molecule has 5 heteroatoms. The van der Waals surface area contributed by atoms with Gasteiger partial charge in [0.1, 0.15) is 0 Å². The van der Waals surface area contributed by atoms with Crippen LogP contribution in [0.15, 0.2) is 35.0 Å². The van der Waals surface area contributed by atoms with Gasteiger partial charge in [-0.15, -0.1) is 0 Å². The van der Waals surface area contributed by atoms with Crippen molar-refractivity contribution in [3.63, 3.8) is 0 Å². The molecule has 0 saturated heterocycles. The lowest BCUT2D eigenvalue weighted by Crippen LogP contribution is -2.13. The summed E-state index contributed by atoms with van der Waals surface area (Å²) in [7, 11) is 0. The van der Waals surface area contributed by atoms with Gasteiger partial charge >= 0.3 is 0 Å². The molecule has 0 amide bonds. The average Bonchev–Trinajstić information content (AvgIpc) is 2.62. The van der Waals surface area contributed by atoms with Crippen LogP contribution in [0.2, 0.25) is 0 Å². The Morgan fingerprint density at radius 3 is 2.76 bits per heavy atom. The number of nitrogens with zero attached hydrogens (tertiary/aromatic N) is 1. The molecule has 90 valence electrons. The van der Waals surface area contributed by atoms with E-state index in [9.17, 15) is 8.78 Å². The average molecular weight is 238 g/mol. The third-order valence-electron chi connectivity index (χ3n) is 2.35. The predicted molar refractivity (Wildman–Crippen MR) is 60.7 cm³/mol. The van der Waals surface area contributed by atoms with E-state index in [2.05, 4.69) is 5.16 Å². The Balaban J connectivity index is 2.32. The zero-order chi connectivity index (χ0) is 12.5. The Labute approximate surface area is 97.2 Å². The van der Waals surface area contributed by atoms with E-state index in [-0.39, 0.29) is 12.3 Å². The van der Waals surface area contributed by atoms with Crippen molar-refractivity contribution in [2.45, 2.75) is 19.3 Å². The maximum absolute atomic E-state index is 12.9. The van der Waals surface area contributed by atoms with Gasteiger partial charge in [0.2, 0.25) is 11.8 Å². The highest BCUT2D eigenvalue weighted by molar-refractivity contribution is 5.72. The maximum Gasteiger partial charge on any atom is 0.249 e. The monoisotopic (exact) mass is 238 g/mol. The normalized spacial score (nSPS) is 11.7. The Bertz CT molecular complexity index is 517. The van der Waals surface area contributed by atoms with Crippen molar-refractivity contribution in [3.8, 4) is 11.1 Å². The molecule has 0 spiro atoms. The van der Waals surface area contributed by atoms with Crippen molar-refractivity contribution >= 4 is 5.88 Å². The second-order valence-corrected chi connectivity index (χ2v) is 4.05. The van der Waals surface area contributed by atoms with E-state index >= 15 is 0 Å². The summed E-state index contributed by atoms with van der Waals surface area (Å²) in [5.41, 5.74) is 7.47. The Morgan fingerprint density at radius 2 is 2.18 bits per heavy atom. The fraction of sp³-hybridized carbons (Fsp3) is 0.250. The highest BCUT2D eigenvalue weighted by Crippen LogP contribution is 2.27. The molecule has 0 aliphatic heterocycles. The molecular weight excluding hydrogens is 226 g/mol. The molecule has 0 fully saturated rings. The molecule has 1 heterocycles. The first kappa shape index (κ1) is 11.6. The van der Waals surface area contributed by atoms with Crippen LogP contribution < -0.4 is 5.73 Å². The summed E-state index contributed by atoms with van der Waals surface area (Å²) in [6, 6.07) is 6.81. The summed E-state index contributed by atoms with van der Waals surface area (Å²) < 4.78 is 30.6. The number of alkyl halides is 2. The van der Waals surface area contributed by atoms with Crippen molar-refractivity contribution in [1.29, 1.82) is 0 Å². The van der Waals surface area contributed by atoms with Gasteiger partial charge in [0, 0.05) is 6.42 Å². The third kappa shape index (κ3) is 2.81. The number of hydrogen-bond donors (Lipinski definition) is 1. The van der Waals surface area contributed by atoms with E-state index in [1.54, 1.807) is 24.3 Å². The molecule has 0 bridgehead atoms. The van der Waals surface area contributed by atoms with Gasteiger partial charge in [0.15, 0.2) is 0 Å². The summed E-state index contributed by atoms with van der Waals surface area (Å²) in [4.78, 5) is 0.